The van der Waals surface area contributed by atoms with E-state index in [0.717, 1.165) is 27.5 Å². The highest BCUT2D eigenvalue weighted by Gasteiger charge is 2.14. The normalized spacial score (nSPS) is 11.0. The maximum atomic E-state index is 12.4. The van der Waals surface area contributed by atoms with Gasteiger partial charge in [-0.05, 0) is 24.3 Å². The molecule has 0 aliphatic carbocycles. The molecule has 0 radical (unpaired) electrons. The molecular formula is C19H14N2O2. The smallest absolute Gasteiger partial charge is 0.340 e. The van der Waals surface area contributed by atoms with Gasteiger partial charge in [-0.2, -0.15) is 0 Å². The van der Waals surface area contributed by atoms with E-state index in [2.05, 4.69) is 9.97 Å². The first-order valence-electron chi connectivity index (χ1n) is 7.39. The summed E-state index contributed by atoms with van der Waals surface area (Å²) in [6.07, 6.45) is 1.68. The molecule has 4 rings (SSSR count). The van der Waals surface area contributed by atoms with E-state index in [1.165, 1.54) is 0 Å². The van der Waals surface area contributed by atoms with Crippen LogP contribution in [0.1, 0.15) is 16.1 Å². The number of nitrogens with one attached hydrogen (secondary N) is 1. The number of carbonyl (C=O) groups is 1. The summed E-state index contributed by atoms with van der Waals surface area (Å²) in [7, 11) is 0. The molecule has 23 heavy (non-hydrogen) atoms. The van der Waals surface area contributed by atoms with Crippen molar-refractivity contribution in [3.8, 4) is 0 Å². The number of benzene rings is 2. The van der Waals surface area contributed by atoms with E-state index in [9.17, 15) is 4.79 Å². The third-order valence-corrected chi connectivity index (χ3v) is 3.84. The summed E-state index contributed by atoms with van der Waals surface area (Å²) in [4.78, 5) is 19.9. The van der Waals surface area contributed by atoms with E-state index in [1.807, 2.05) is 54.6 Å². The Morgan fingerprint density at radius 3 is 2.65 bits per heavy atom. The third-order valence-electron chi connectivity index (χ3n) is 3.84. The van der Waals surface area contributed by atoms with Gasteiger partial charge in [-0.15, -0.1) is 0 Å². The number of aromatic nitrogens is 2. The zero-order valence-electron chi connectivity index (χ0n) is 12.3. The van der Waals surface area contributed by atoms with Gasteiger partial charge in [0.15, 0.2) is 0 Å². The van der Waals surface area contributed by atoms with Crippen molar-refractivity contribution in [3.63, 3.8) is 0 Å². The zero-order valence-corrected chi connectivity index (χ0v) is 12.3. The van der Waals surface area contributed by atoms with Gasteiger partial charge < -0.3 is 9.72 Å². The fraction of sp³-hybridized carbons (Fsp3) is 0.0526. The van der Waals surface area contributed by atoms with Crippen LogP contribution in [-0.4, -0.2) is 15.9 Å². The molecule has 0 saturated heterocycles. The van der Waals surface area contributed by atoms with Crippen molar-refractivity contribution in [2.24, 2.45) is 0 Å². The van der Waals surface area contributed by atoms with Gasteiger partial charge in [0, 0.05) is 22.5 Å². The highest BCUT2D eigenvalue weighted by molar-refractivity contribution is 6.13. The molecule has 0 saturated carbocycles. The molecule has 2 heterocycles. The maximum Gasteiger partial charge on any atom is 0.340 e. The fourth-order valence-electron chi connectivity index (χ4n) is 2.74. The van der Waals surface area contributed by atoms with Gasteiger partial charge in [-0.1, -0.05) is 36.4 Å². The zero-order chi connectivity index (χ0) is 15.6. The van der Waals surface area contributed by atoms with Crippen LogP contribution < -0.4 is 0 Å². The van der Waals surface area contributed by atoms with Crippen molar-refractivity contribution in [1.29, 1.82) is 0 Å². The number of rotatable bonds is 3. The van der Waals surface area contributed by atoms with Crippen molar-refractivity contribution in [2.45, 2.75) is 6.61 Å². The van der Waals surface area contributed by atoms with Crippen LogP contribution in [0.5, 0.6) is 0 Å². The molecule has 112 valence electrons. The van der Waals surface area contributed by atoms with Crippen molar-refractivity contribution in [1.82, 2.24) is 9.97 Å². The van der Waals surface area contributed by atoms with Crippen LogP contribution in [0.4, 0.5) is 0 Å². The van der Waals surface area contributed by atoms with Gasteiger partial charge in [0.2, 0.25) is 0 Å². The van der Waals surface area contributed by atoms with Crippen LogP contribution >= 0.6 is 0 Å². The number of esters is 1. The molecule has 4 nitrogen and oxygen atoms in total. The van der Waals surface area contributed by atoms with Crippen molar-refractivity contribution >= 4 is 27.8 Å². The molecule has 0 aliphatic heterocycles. The van der Waals surface area contributed by atoms with Gasteiger partial charge in [0.1, 0.15) is 6.61 Å². The monoisotopic (exact) mass is 302 g/mol. The molecule has 0 aliphatic rings. The third kappa shape index (κ3) is 2.44. The second-order valence-corrected chi connectivity index (χ2v) is 5.30. The molecule has 0 spiro atoms. The van der Waals surface area contributed by atoms with Gasteiger partial charge in [0.05, 0.1) is 16.8 Å². The van der Waals surface area contributed by atoms with Gasteiger partial charge in [-0.3, -0.25) is 4.98 Å². The topological polar surface area (TPSA) is 55.0 Å². The SMILES string of the molecule is O=C(OCc1ccccn1)c1cccc2c1[nH]c1ccccc12. The van der Waals surface area contributed by atoms with Gasteiger partial charge in [-0.25, -0.2) is 4.79 Å². The predicted octanol–water partition coefficient (Wildman–Crippen LogP) is 4.07. The van der Waals surface area contributed by atoms with Crippen molar-refractivity contribution in [3.05, 3.63) is 78.1 Å². The molecule has 0 fully saturated rings. The van der Waals surface area contributed by atoms with Crippen molar-refractivity contribution < 1.29 is 9.53 Å². The number of pyridine rings is 1. The second kappa shape index (κ2) is 5.57. The van der Waals surface area contributed by atoms with Gasteiger partial charge in [0.25, 0.3) is 0 Å². The Kier molecular flexibility index (Phi) is 3.27. The number of nitrogens with zero attached hydrogens (tertiary/aromatic N) is 1. The quantitative estimate of drug-likeness (QED) is 0.580. The Labute approximate surface area is 132 Å². The second-order valence-electron chi connectivity index (χ2n) is 5.30. The number of hydrogen-bond acceptors (Lipinski definition) is 3. The maximum absolute atomic E-state index is 12.4. The average Bonchev–Trinajstić information content (AvgIpc) is 2.99. The molecule has 0 bridgehead atoms. The number of ether oxygens (including phenoxy) is 1. The Hall–Kier alpha value is -3.14. The summed E-state index contributed by atoms with van der Waals surface area (Å²) in [5.41, 5.74) is 3.08. The lowest BCUT2D eigenvalue weighted by Gasteiger charge is -2.05. The molecule has 0 amide bonds. The summed E-state index contributed by atoms with van der Waals surface area (Å²) in [5, 5.41) is 2.12. The van der Waals surface area contributed by atoms with Crippen LogP contribution in [0.2, 0.25) is 0 Å². The Bertz CT molecular complexity index is 990. The molecule has 0 atom stereocenters. The molecular weight excluding hydrogens is 288 g/mol. The molecule has 4 heteroatoms. The van der Waals surface area contributed by atoms with E-state index in [-0.39, 0.29) is 12.6 Å². The number of H-pyrrole nitrogens is 1. The first-order valence-corrected chi connectivity index (χ1v) is 7.39. The molecule has 2 aromatic carbocycles. The minimum absolute atomic E-state index is 0.163. The lowest BCUT2D eigenvalue weighted by Crippen LogP contribution is -2.06. The molecule has 0 unspecified atom stereocenters. The largest absolute Gasteiger partial charge is 0.456 e. The lowest BCUT2D eigenvalue weighted by molar-refractivity contribution is 0.0470. The van der Waals surface area contributed by atoms with E-state index in [0.29, 0.717) is 5.56 Å². The average molecular weight is 302 g/mol. The standard InChI is InChI=1S/C19H14N2O2/c22-19(23-12-13-6-3-4-11-20-13)16-9-5-8-15-14-7-1-2-10-17(14)21-18(15)16/h1-11,21H,12H2. The van der Waals surface area contributed by atoms with Crippen LogP contribution in [0.25, 0.3) is 21.8 Å². The number of carbonyl (C=O) groups excluding carboxylic acids is 1. The summed E-state index contributed by atoms with van der Waals surface area (Å²) in [5.74, 6) is -0.354. The summed E-state index contributed by atoms with van der Waals surface area (Å²) in [6, 6.07) is 19.2. The molecule has 2 aromatic heterocycles. The van der Waals surface area contributed by atoms with Crippen LogP contribution in [0, 0.1) is 0 Å². The van der Waals surface area contributed by atoms with E-state index in [4.69, 9.17) is 4.74 Å². The summed E-state index contributed by atoms with van der Waals surface area (Å²) >= 11 is 0. The number of para-hydroxylation sites is 2. The van der Waals surface area contributed by atoms with Crippen LogP contribution in [0.3, 0.4) is 0 Å². The molecule has 1 N–H and O–H groups in total. The fourth-order valence-corrected chi connectivity index (χ4v) is 2.74. The Morgan fingerprint density at radius 1 is 0.957 bits per heavy atom. The number of hydrogen-bond donors (Lipinski definition) is 1. The first-order chi connectivity index (χ1) is 11.3. The highest BCUT2D eigenvalue weighted by atomic mass is 16.5. The van der Waals surface area contributed by atoms with Crippen LogP contribution in [0.15, 0.2) is 66.9 Å². The number of fused-ring (bicyclic) bond motifs is 3. The number of aromatic amines is 1. The first kappa shape index (κ1) is 13.5. The predicted molar refractivity (Wildman–Crippen MR) is 89.2 cm³/mol. The lowest BCUT2D eigenvalue weighted by atomic mass is 10.1. The molecule has 4 aromatic rings. The summed E-state index contributed by atoms with van der Waals surface area (Å²) < 4.78 is 5.40. The minimum Gasteiger partial charge on any atom is -0.456 e. The van der Waals surface area contributed by atoms with E-state index < -0.39 is 0 Å². The van der Waals surface area contributed by atoms with Crippen LogP contribution in [-0.2, 0) is 11.3 Å². The Balaban J connectivity index is 1.69. The van der Waals surface area contributed by atoms with Gasteiger partial charge >= 0.3 is 5.97 Å². The van der Waals surface area contributed by atoms with E-state index >= 15 is 0 Å². The van der Waals surface area contributed by atoms with Crippen molar-refractivity contribution in [2.75, 3.05) is 0 Å². The highest BCUT2D eigenvalue weighted by Crippen LogP contribution is 2.27. The summed E-state index contributed by atoms with van der Waals surface area (Å²) in [6.45, 7) is 0.163. The minimum atomic E-state index is -0.354. The Morgan fingerprint density at radius 2 is 1.78 bits per heavy atom. The van der Waals surface area contributed by atoms with E-state index in [1.54, 1.807) is 12.3 Å².